The van der Waals surface area contributed by atoms with E-state index in [0.717, 1.165) is 0 Å². The standard InChI is InChI=1S/C11H10N6O3/c1-5-13-8-6(3-2-4-7(8)19-5)14-11(15-18)9-10(12)17-20-16-9/h2-4,18H,1H3,(H2,12,17)(H,14,15). The van der Waals surface area contributed by atoms with Gasteiger partial charge in [-0.2, -0.15) is 0 Å². The van der Waals surface area contributed by atoms with Crippen LogP contribution in [0.2, 0.25) is 0 Å². The van der Waals surface area contributed by atoms with Crippen LogP contribution < -0.4 is 11.1 Å². The van der Waals surface area contributed by atoms with Gasteiger partial charge in [-0.25, -0.2) is 9.61 Å². The van der Waals surface area contributed by atoms with E-state index in [-0.39, 0.29) is 17.3 Å². The highest BCUT2D eigenvalue weighted by Crippen LogP contribution is 2.24. The van der Waals surface area contributed by atoms with Crippen LogP contribution in [-0.2, 0) is 0 Å². The van der Waals surface area contributed by atoms with Gasteiger partial charge in [0, 0.05) is 6.92 Å². The van der Waals surface area contributed by atoms with E-state index in [1.807, 2.05) is 0 Å². The molecule has 2 aromatic heterocycles. The van der Waals surface area contributed by atoms with Crippen molar-refractivity contribution >= 4 is 28.4 Å². The number of para-hydroxylation sites is 1. The van der Waals surface area contributed by atoms with E-state index in [0.29, 0.717) is 22.7 Å². The third-order valence-electron chi connectivity index (χ3n) is 2.62. The number of rotatable bonds is 2. The smallest absolute Gasteiger partial charge is 0.203 e. The molecule has 9 nitrogen and oxygen atoms in total. The lowest BCUT2D eigenvalue weighted by molar-refractivity contribution is 0.305. The van der Waals surface area contributed by atoms with Crippen LogP contribution in [-0.4, -0.2) is 26.3 Å². The minimum absolute atomic E-state index is 0.00287. The van der Waals surface area contributed by atoms with E-state index in [9.17, 15) is 0 Å². The summed E-state index contributed by atoms with van der Waals surface area (Å²) in [6, 6.07) is 5.30. The molecule has 3 rings (SSSR count). The molecule has 4 N–H and O–H groups in total. The van der Waals surface area contributed by atoms with Gasteiger partial charge in [0.15, 0.2) is 23.0 Å². The number of hydrogen-bond acceptors (Lipinski definition) is 8. The van der Waals surface area contributed by atoms with E-state index in [1.54, 1.807) is 25.1 Å². The average molecular weight is 274 g/mol. The minimum Gasteiger partial charge on any atom is -0.441 e. The normalized spacial score (nSPS) is 11.9. The monoisotopic (exact) mass is 274 g/mol. The number of oxazole rings is 1. The molecule has 102 valence electrons. The molecule has 0 aliphatic heterocycles. The van der Waals surface area contributed by atoms with Gasteiger partial charge in [0.25, 0.3) is 0 Å². The molecular weight excluding hydrogens is 264 g/mol. The zero-order valence-electron chi connectivity index (χ0n) is 10.4. The fourth-order valence-electron chi connectivity index (χ4n) is 1.78. The Labute approximate surface area is 112 Å². The van der Waals surface area contributed by atoms with E-state index in [2.05, 4.69) is 30.4 Å². The van der Waals surface area contributed by atoms with Crippen molar-refractivity contribution < 1.29 is 14.3 Å². The van der Waals surface area contributed by atoms with Gasteiger partial charge < -0.3 is 20.7 Å². The summed E-state index contributed by atoms with van der Waals surface area (Å²) in [6.45, 7) is 1.74. The van der Waals surface area contributed by atoms with Crippen molar-refractivity contribution in [2.45, 2.75) is 6.92 Å². The van der Waals surface area contributed by atoms with Crippen molar-refractivity contribution in [3.05, 3.63) is 29.8 Å². The number of nitrogens with zero attached hydrogens (tertiary/aromatic N) is 4. The number of aryl methyl sites for hydroxylation is 1. The highest BCUT2D eigenvalue weighted by atomic mass is 16.6. The summed E-state index contributed by atoms with van der Waals surface area (Å²) >= 11 is 0. The van der Waals surface area contributed by atoms with Crippen LogP contribution >= 0.6 is 0 Å². The molecule has 0 unspecified atom stereocenters. The molecule has 0 aliphatic rings. The Bertz CT molecular complexity index is 790. The molecule has 9 heteroatoms. The summed E-state index contributed by atoms with van der Waals surface area (Å²) in [7, 11) is 0. The van der Waals surface area contributed by atoms with Crippen molar-refractivity contribution in [3.8, 4) is 0 Å². The first-order valence-corrected chi connectivity index (χ1v) is 5.62. The first-order valence-electron chi connectivity index (χ1n) is 5.62. The molecule has 0 amide bonds. The second kappa shape index (κ2) is 4.53. The van der Waals surface area contributed by atoms with Crippen molar-refractivity contribution in [1.29, 1.82) is 0 Å². The zero-order chi connectivity index (χ0) is 14.1. The van der Waals surface area contributed by atoms with Crippen LogP contribution in [0.5, 0.6) is 0 Å². The lowest BCUT2D eigenvalue weighted by atomic mass is 10.2. The number of benzene rings is 1. The Kier molecular flexibility index (Phi) is 2.71. The van der Waals surface area contributed by atoms with E-state index in [4.69, 9.17) is 15.4 Å². The lowest BCUT2D eigenvalue weighted by Crippen LogP contribution is -2.16. The Morgan fingerprint density at radius 2 is 2.25 bits per heavy atom. The Balaban J connectivity index is 2.02. The highest BCUT2D eigenvalue weighted by molar-refractivity contribution is 6.11. The predicted octanol–water partition coefficient (Wildman–Crippen LogP) is 1.35. The van der Waals surface area contributed by atoms with Crippen molar-refractivity contribution in [2.24, 2.45) is 5.16 Å². The number of hydrogen-bond donors (Lipinski definition) is 3. The lowest BCUT2D eigenvalue weighted by Gasteiger charge is -2.05. The quantitative estimate of drug-likeness (QED) is 0.276. The number of anilines is 2. The van der Waals surface area contributed by atoms with Gasteiger partial charge in [-0.3, -0.25) is 0 Å². The van der Waals surface area contributed by atoms with E-state index < -0.39 is 0 Å². The number of nitrogens with two attached hydrogens (primary N) is 1. The van der Waals surface area contributed by atoms with Crippen LogP contribution in [0.4, 0.5) is 11.5 Å². The number of fused-ring (bicyclic) bond motifs is 1. The molecule has 0 saturated heterocycles. The van der Waals surface area contributed by atoms with Gasteiger partial charge >= 0.3 is 0 Å². The van der Waals surface area contributed by atoms with Crippen LogP contribution in [0.25, 0.3) is 11.1 Å². The van der Waals surface area contributed by atoms with Gasteiger partial charge in [0.1, 0.15) is 5.52 Å². The van der Waals surface area contributed by atoms with Crippen LogP contribution in [0, 0.1) is 6.92 Å². The summed E-state index contributed by atoms with van der Waals surface area (Å²) in [4.78, 5) is 4.25. The van der Waals surface area contributed by atoms with Gasteiger partial charge in [0.2, 0.25) is 5.84 Å². The molecule has 0 bridgehead atoms. The molecule has 1 aromatic carbocycles. The Hall–Kier alpha value is -3.10. The molecule has 0 aliphatic carbocycles. The summed E-state index contributed by atoms with van der Waals surface area (Å²) in [5.74, 6) is 0.532. The topological polar surface area (TPSA) is 136 Å². The fraction of sp³-hybridized carbons (Fsp3) is 0.0909. The largest absolute Gasteiger partial charge is 0.441 e. The first kappa shape index (κ1) is 12.0. The van der Waals surface area contributed by atoms with Gasteiger partial charge in [0.05, 0.1) is 5.69 Å². The average Bonchev–Trinajstić information content (AvgIpc) is 3.01. The number of oxime groups is 1. The highest BCUT2D eigenvalue weighted by Gasteiger charge is 2.17. The maximum Gasteiger partial charge on any atom is 0.203 e. The summed E-state index contributed by atoms with van der Waals surface area (Å²) in [5, 5.41) is 22.0. The summed E-state index contributed by atoms with van der Waals surface area (Å²) in [5.41, 5.74) is 7.44. The maximum absolute atomic E-state index is 9.08. The van der Waals surface area contributed by atoms with E-state index >= 15 is 0 Å². The molecule has 3 aromatic rings. The molecule has 0 radical (unpaired) electrons. The van der Waals surface area contributed by atoms with Crippen LogP contribution in [0.3, 0.4) is 0 Å². The second-order valence-corrected chi connectivity index (χ2v) is 3.96. The zero-order valence-corrected chi connectivity index (χ0v) is 10.4. The maximum atomic E-state index is 9.08. The molecule has 20 heavy (non-hydrogen) atoms. The van der Waals surface area contributed by atoms with Gasteiger partial charge in [-0.15, -0.1) is 0 Å². The predicted molar refractivity (Wildman–Crippen MR) is 69.4 cm³/mol. The van der Waals surface area contributed by atoms with Crippen LogP contribution in [0.15, 0.2) is 32.4 Å². The Morgan fingerprint density at radius 3 is 2.95 bits per heavy atom. The molecule has 0 atom stereocenters. The summed E-state index contributed by atoms with van der Waals surface area (Å²) in [6.07, 6.45) is 0. The third kappa shape index (κ3) is 1.90. The first-order chi connectivity index (χ1) is 9.69. The molecule has 0 spiro atoms. The van der Waals surface area contributed by atoms with Crippen molar-refractivity contribution in [2.75, 3.05) is 11.1 Å². The van der Waals surface area contributed by atoms with Crippen molar-refractivity contribution in [3.63, 3.8) is 0 Å². The number of amidine groups is 1. The molecule has 2 heterocycles. The number of nitrogen functional groups attached to an aromatic ring is 1. The third-order valence-corrected chi connectivity index (χ3v) is 2.62. The fourth-order valence-corrected chi connectivity index (χ4v) is 1.78. The SMILES string of the molecule is Cc1nc2c(N/C(=N\O)c3nonc3N)cccc2o1. The molecule has 0 saturated carbocycles. The molecular formula is C11H10N6O3. The number of nitrogens with one attached hydrogen (secondary N) is 1. The Morgan fingerprint density at radius 1 is 1.40 bits per heavy atom. The van der Waals surface area contributed by atoms with Crippen molar-refractivity contribution in [1.82, 2.24) is 15.3 Å². The van der Waals surface area contributed by atoms with Gasteiger partial charge in [-0.05, 0) is 22.4 Å². The second-order valence-electron chi connectivity index (χ2n) is 3.96. The molecule has 0 fully saturated rings. The minimum atomic E-state index is -0.00287. The number of aromatic nitrogens is 3. The van der Waals surface area contributed by atoms with E-state index in [1.165, 1.54) is 0 Å². The summed E-state index contributed by atoms with van der Waals surface area (Å²) < 4.78 is 9.88. The van der Waals surface area contributed by atoms with Crippen LogP contribution in [0.1, 0.15) is 11.6 Å². The van der Waals surface area contributed by atoms with Gasteiger partial charge in [-0.1, -0.05) is 11.2 Å².